The maximum absolute atomic E-state index is 12.1. The van der Waals surface area contributed by atoms with E-state index in [-0.39, 0.29) is 29.0 Å². The van der Waals surface area contributed by atoms with Crippen LogP contribution in [0, 0.1) is 0 Å². The second-order valence-corrected chi connectivity index (χ2v) is 8.06. The topological polar surface area (TPSA) is 26.3 Å². The van der Waals surface area contributed by atoms with E-state index in [1.165, 1.54) is 70.6 Å². The Kier molecular flexibility index (Phi) is 18.8. The molecule has 25 heavy (non-hydrogen) atoms. The molecule has 0 aromatic heterocycles. The third-order valence-electron chi connectivity index (χ3n) is 4.82. The van der Waals surface area contributed by atoms with Gasteiger partial charge in [-0.1, -0.05) is 77.6 Å². The first-order valence-electron chi connectivity index (χ1n) is 10.4. The summed E-state index contributed by atoms with van der Waals surface area (Å²) in [6, 6.07) is -0.0203. The number of likely N-dealkylation sites (N-methyl/N-ethyl adjacent to an activating group) is 1. The van der Waals surface area contributed by atoms with E-state index in [0.717, 1.165) is 12.8 Å². The van der Waals surface area contributed by atoms with Crippen LogP contribution in [0.3, 0.4) is 0 Å². The molecule has 0 heterocycles. The Morgan fingerprint density at radius 2 is 1.16 bits per heavy atom. The van der Waals surface area contributed by atoms with Crippen LogP contribution in [-0.2, 0) is 9.53 Å². The molecule has 1 atom stereocenters. The highest BCUT2D eigenvalue weighted by Crippen LogP contribution is 2.16. The van der Waals surface area contributed by atoms with Crippen LogP contribution in [0.2, 0.25) is 0 Å². The third-order valence-corrected chi connectivity index (χ3v) is 4.82. The van der Waals surface area contributed by atoms with E-state index in [1.807, 2.05) is 6.92 Å². The number of ether oxygens (including phenoxy) is 1. The Morgan fingerprint density at radius 1 is 0.760 bits per heavy atom. The predicted molar refractivity (Wildman–Crippen MR) is 104 cm³/mol. The summed E-state index contributed by atoms with van der Waals surface area (Å²) in [6.45, 7) is 4.64. The third kappa shape index (κ3) is 15.9. The highest BCUT2D eigenvalue weighted by atomic mass is 79.9. The summed E-state index contributed by atoms with van der Waals surface area (Å²) >= 11 is 0. The number of carbonyl (C=O) groups is 1. The Bertz CT molecular complexity index is 303. The minimum Gasteiger partial charge on any atom is -1.00 e. The second kappa shape index (κ2) is 17.3. The maximum Gasteiger partial charge on any atom is 0.364 e. The monoisotopic (exact) mass is 421 g/mol. The quantitative estimate of drug-likeness (QED) is 0.217. The lowest BCUT2D eigenvalue weighted by atomic mass is 10.0. The zero-order chi connectivity index (χ0) is 18.3. The fourth-order valence-electron chi connectivity index (χ4n) is 3.24. The fourth-order valence-corrected chi connectivity index (χ4v) is 3.24. The van der Waals surface area contributed by atoms with Crippen LogP contribution in [0.1, 0.15) is 97.3 Å². The average Bonchev–Trinajstić information content (AvgIpc) is 2.50. The highest BCUT2D eigenvalue weighted by molar-refractivity contribution is 5.74. The van der Waals surface area contributed by atoms with Crippen molar-refractivity contribution >= 4 is 5.97 Å². The molecule has 0 bridgehead atoms. The number of esters is 1. The molecule has 0 aliphatic heterocycles. The Morgan fingerprint density at radius 3 is 1.52 bits per heavy atom. The minimum absolute atomic E-state index is 0. The van der Waals surface area contributed by atoms with Gasteiger partial charge in [0.2, 0.25) is 0 Å². The molecule has 0 rings (SSSR count). The lowest BCUT2D eigenvalue weighted by Gasteiger charge is -2.32. The number of halogens is 1. The molecule has 0 spiro atoms. The minimum atomic E-state index is -0.0342. The molecule has 4 heteroatoms. The number of hydrogen-bond acceptors (Lipinski definition) is 2. The van der Waals surface area contributed by atoms with Gasteiger partial charge in [0.15, 0.2) is 6.04 Å². The first kappa shape index (κ1) is 27.1. The molecule has 3 nitrogen and oxygen atoms in total. The molecular weight excluding hydrogens is 378 g/mol. The van der Waals surface area contributed by atoms with E-state index >= 15 is 0 Å². The van der Waals surface area contributed by atoms with E-state index in [1.54, 1.807) is 0 Å². The van der Waals surface area contributed by atoms with E-state index < -0.39 is 0 Å². The molecule has 1 unspecified atom stereocenters. The second-order valence-electron chi connectivity index (χ2n) is 8.06. The van der Waals surface area contributed by atoms with Gasteiger partial charge in [0.25, 0.3) is 0 Å². The molecule has 0 aliphatic carbocycles. The lowest BCUT2D eigenvalue weighted by molar-refractivity contribution is -0.887. The molecule has 0 aromatic carbocycles. The summed E-state index contributed by atoms with van der Waals surface area (Å²) in [5.74, 6) is -0.0342. The van der Waals surface area contributed by atoms with Crippen molar-refractivity contribution in [1.29, 1.82) is 0 Å². The van der Waals surface area contributed by atoms with Gasteiger partial charge in [0, 0.05) is 6.42 Å². The Balaban J connectivity index is 0. The molecule has 0 saturated heterocycles. The number of hydrogen-bond donors (Lipinski definition) is 0. The standard InChI is InChI=1S/C21H44NO2.BrH/c1-6-8-9-10-11-12-13-14-15-16-17-18-19-20(22(3,4)5)21(23)24-7-2;/h20H,6-19H2,1-5H3;1H/q+1;/p-1. The zero-order valence-electron chi connectivity index (χ0n) is 17.6. The van der Waals surface area contributed by atoms with Gasteiger partial charge in [0.1, 0.15) is 0 Å². The van der Waals surface area contributed by atoms with Crippen molar-refractivity contribution < 1.29 is 31.0 Å². The SMILES string of the molecule is CCCCCCCCCCCCCCC(C(=O)OCC)[N+](C)(C)C.[Br-]. The molecule has 152 valence electrons. The summed E-state index contributed by atoms with van der Waals surface area (Å²) < 4.78 is 5.90. The molecule has 0 N–H and O–H groups in total. The van der Waals surface area contributed by atoms with Crippen LogP contribution in [0.5, 0.6) is 0 Å². The summed E-state index contributed by atoms with van der Waals surface area (Å²) in [5.41, 5.74) is 0. The van der Waals surface area contributed by atoms with Crippen molar-refractivity contribution in [2.75, 3.05) is 27.7 Å². The van der Waals surface area contributed by atoms with E-state index in [4.69, 9.17) is 4.74 Å². The molecule has 0 radical (unpaired) electrons. The predicted octanol–water partition coefficient (Wildman–Crippen LogP) is 2.72. The van der Waals surface area contributed by atoms with Crippen molar-refractivity contribution in [3.05, 3.63) is 0 Å². The van der Waals surface area contributed by atoms with E-state index in [0.29, 0.717) is 11.1 Å². The van der Waals surface area contributed by atoms with Gasteiger partial charge in [-0.2, -0.15) is 0 Å². The van der Waals surface area contributed by atoms with Crippen molar-refractivity contribution in [3.63, 3.8) is 0 Å². The van der Waals surface area contributed by atoms with E-state index in [9.17, 15) is 4.79 Å². The number of unbranched alkanes of at least 4 members (excludes halogenated alkanes) is 11. The number of nitrogens with zero attached hydrogens (tertiary/aromatic N) is 1. The Labute approximate surface area is 168 Å². The highest BCUT2D eigenvalue weighted by Gasteiger charge is 2.32. The first-order chi connectivity index (χ1) is 11.4. The molecular formula is C21H44BrNO2. The molecule has 0 amide bonds. The van der Waals surface area contributed by atoms with Crippen LogP contribution in [0.4, 0.5) is 0 Å². The summed E-state index contributed by atoms with van der Waals surface area (Å²) in [6.07, 6.45) is 17.2. The average molecular weight is 422 g/mol. The summed E-state index contributed by atoms with van der Waals surface area (Å²) in [7, 11) is 6.26. The molecule has 0 saturated carbocycles. The zero-order valence-corrected chi connectivity index (χ0v) is 19.2. The summed E-state index contributed by atoms with van der Waals surface area (Å²) in [5, 5.41) is 0. The maximum atomic E-state index is 12.1. The van der Waals surface area contributed by atoms with Gasteiger partial charge in [0.05, 0.1) is 27.7 Å². The van der Waals surface area contributed by atoms with Crippen LogP contribution in [0.25, 0.3) is 0 Å². The number of quaternary nitrogens is 1. The smallest absolute Gasteiger partial charge is 0.364 e. The van der Waals surface area contributed by atoms with Gasteiger partial charge in [-0.25, -0.2) is 4.79 Å². The molecule has 0 aromatic rings. The normalized spacial score (nSPS) is 12.5. The van der Waals surface area contributed by atoms with Crippen molar-refractivity contribution in [3.8, 4) is 0 Å². The Hall–Kier alpha value is -0.0900. The molecule has 0 fully saturated rings. The van der Waals surface area contributed by atoms with Gasteiger partial charge >= 0.3 is 5.97 Å². The fraction of sp³-hybridized carbons (Fsp3) is 0.952. The molecule has 0 aliphatic rings. The van der Waals surface area contributed by atoms with Gasteiger partial charge in [-0.3, -0.25) is 0 Å². The largest absolute Gasteiger partial charge is 1.00 e. The van der Waals surface area contributed by atoms with Gasteiger partial charge in [-0.15, -0.1) is 0 Å². The first-order valence-corrected chi connectivity index (χ1v) is 10.4. The number of rotatable bonds is 16. The van der Waals surface area contributed by atoms with Crippen LogP contribution in [0.15, 0.2) is 0 Å². The number of carbonyl (C=O) groups excluding carboxylic acids is 1. The van der Waals surface area contributed by atoms with Gasteiger partial charge < -0.3 is 26.2 Å². The van der Waals surface area contributed by atoms with Crippen molar-refractivity contribution in [2.24, 2.45) is 0 Å². The van der Waals surface area contributed by atoms with Crippen LogP contribution >= 0.6 is 0 Å². The van der Waals surface area contributed by atoms with Crippen molar-refractivity contribution in [2.45, 2.75) is 103 Å². The van der Waals surface area contributed by atoms with Crippen LogP contribution in [-0.4, -0.2) is 44.2 Å². The van der Waals surface area contributed by atoms with Gasteiger partial charge in [-0.05, 0) is 13.3 Å². The van der Waals surface area contributed by atoms with E-state index in [2.05, 4.69) is 28.1 Å². The van der Waals surface area contributed by atoms with Crippen molar-refractivity contribution in [1.82, 2.24) is 0 Å². The van der Waals surface area contributed by atoms with Crippen LogP contribution < -0.4 is 17.0 Å². The summed E-state index contributed by atoms with van der Waals surface area (Å²) in [4.78, 5) is 12.1. The lowest BCUT2D eigenvalue weighted by Crippen LogP contribution is -3.00.